The highest BCUT2D eigenvalue weighted by molar-refractivity contribution is 6.05. The van der Waals surface area contributed by atoms with Crippen LogP contribution >= 0.6 is 0 Å². The van der Waals surface area contributed by atoms with Crippen molar-refractivity contribution in [1.82, 2.24) is 0 Å². The number of benzene rings is 1. The molecule has 0 spiro atoms. The molecular weight excluding hydrogens is 216 g/mol. The van der Waals surface area contributed by atoms with Crippen molar-refractivity contribution in [2.75, 3.05) is 6.54 Å². The van der Waals surface area contributed by atoms with Crippen LogP contribution in [0.1, 0.15) is 18.4 Å². The topological polar surface area (TPSA) is 93.8 Å². The Balaban J connectivity index is 2.18. The second-order valence-corrected chi connectivity index (χ2v) is 3.89. The van der Waals surface area contributed by atoms with E-state index < -0.39 is 0 Å². The van der Waals surface area contributed by atoms with Gasteiger partial charge in [0.25, 0.3) is 0 Å². The third-order valence-electron chi connectivity index (χ3n) is 2.55. The molecule has 0 amide bonds. The molecule has 0 radical (unpaired) electrons. The van der Waals surface area contributed by atoms with Gasteiger partial charge >= 0.3 is 0 Å². The van der Waals surface area contributed by atoms with Crippen LogP contribution in [0.4, 0.5) is 5.69 Å². The lowest BCUT2D eigenvalue weighted by Gasteiger charge is -2.11. The molecule has 5 nitrogen and oxygen atoms in total. The average molecular weight is 230 g/mol. The summed E-state index contributed by atoms with van der Waals surface area (Å²) in [6.07, 6.45) is 1.29. The van der Waals surface area contributed by atoms with E-state index in [0.29, 0.717) is 25.1 Å². The van der Waals surface area contributed by atoms with Gasteiger partial charge in [0.15, 0.2) is 11.7 Å². The zero-order chi connectivity index (χ0) is 12.3. The summed E-state index contributed by atoms with van der Waals surface area (Å²) in [4.78, 5) is 19.3. The minimum Gasteiger partial charge on any atom is -0.370 e. The van der Waals surface area contributed by atoms with Gasteiger partial charge in [-0.1, -0.05) is 12.1 Å². The van der Waals surface area contributed by atoms with Crippen LogP contribution in [0.15, 0.2) is 34.3 Å². The number of aliphatic imine (C=N–C) groups is 2. The monoisotopic (exact) mass is 230 g/mol. The molecule has 88 valence electrons. The number of carbonyl (C=O) groups excluding carboxylic acids is 1. The van der Waals surface area contributed by atoms with E-state index in [-0.39, 0.29) is 11.7 Å². The number of nitrogens with two attached hydrogens (primary N) is 2. The molecule has 1 aromatic rings. The zero-order valence-corrected chi connectivity index (χ0v) is 9.39. The quantitative estimate of drug-likeness (QED) is 0.579. The van der Waals surface area contributed by atoms with E-state index in [0.717, 1.165) is 11.3 Å². The molecule has 0 unspecified atom stereocenters. The lowest BCUT2D eigenvalue weighted by molar-refractivity contribution is -0.117. The van der Waals surface area contributed by atoms with Crippen LogP contribution in [0.2, 0.25) is 0 Å². The van der Waals surface area contributed by atoms with Crippen molar-refractivity contribution in [3.8, 4) is 0 Å². The van der Waals surface area contributed by atoms with E-state index in [1.165, 1.54) is 0 Å². The van der Waals surface area contributed by atoms with Crippen molar-refractivity contribution in [3.05, 3.63) is 29.8 Å². The van der Waals surface area contributed by atoms with E-state index in [2.05, 4.69) is 9.98 Å². The summed E-state index contributed by atoms with van der Waals surface area (Å²) in [6.45, 7) is 0.297. The Bertz CT molecular complexity index is 484. The summed E-state index contributed by atoms with van der Waals surface area (Å²) in [5, 5.41) is 0. The summed E-state index contributed by atoms with van der Waals surface area (Å²) >= 11 is 0. The molecule has 0 bridgehead atoms. The number of ketones is 1. The molecule has 1 aromatic carbocycles. The molecule has 17 heavy (non-hydrogen) atoms. The number of hydrogen-bond acceptors (Lipinski definition) is 3. The third-order valence-corrected chi connectivity index (χ3v) is 2.55. The zero-order valence-electron chi connectivity index (χ0n) is 9.39. The first kappa shape index (κ1) is 11.3. The molecular formula is C12H14N4O. The molecule has 1 aliphatic heterocycles. The summed E-state index contributed by atoms with van der Waals surface area (Å²) in [7, 11) is 0. The van der Waals surface area contributed by atoms with Gasteiger partial charge in [-0.3, -0.25) is 9.79 Å². The summed E-state index contributed by atoms with van der Waals surface area (Å²) in [6, 6.07) is 7.48. The fourth-order valence-corrected chi connectivity index (χ4v) is 1.71. The Morgan fingerprint density at radius 2 is 1.88 bits per heavy atom. The number of guanidine groups is 1. The van der Waals surface area contributed by atoms with E-state index >= 15 is 0 Å². The van der Waals surface area contributed by atoms with Gasteiger partial charge in [-0.25, -0.2) is 4.99 Å². The maximum Gasteiger partial charge on any atom is 0.191 e. The van der Waals surface area contributed by atoms with Crippen molar-refractivity contribution < 1.29 is 4.79 Å². The molecule has 0 aliphatic carbocycles. The Kier molecular flexibility index (Phi) is 3.18. The van der Waals surface area contributed by atoms with E-state index in [9.17, 15) is 4.79 Å². The predicted octanol–water partition coefficient (Wildman–Crippen LogP) is 0.743. The summed E-state index contributed by atoms with van der Waals surface area (Å²) < 4.78 is 0. The minimum atomic E-state index is 0.0401. The SMILES string of the molecule is NC(N)=Nc1ccc(C2=NCC(=O)CC2)cc1. The van der Waals surface area contributed by atoms with Crippen molar-refractivity contribution in [3.63, 3.8) is 0 Å². The van der Waals surface area contributed by atoms with Crippen LogP contribution < -0.4 is 11.5 Å². The lowest BCUT2D eigenvalue weighted by Crippen LogP contribution is -2.21. The lowest BCUT2D eigenvalue weighted by atomic mass is 10.0. The number of carbonyl (C=O) groups is 1. The number of Topliss-reactive ketones (excluding diaryl/α,β-unsaturated/α-hetero) is 1. The highest BCUT2D eigenvalue weighted by Gasteiger charge is 2.12. The summed E-state index contributed by atoms with van der Waals surface area (Å²) in [5.74, 6) is 0.240. The highest BCUT2D eigenvalue weighted by atomic mass is 16.1. The summed E-state index contributed by atoms with van der Waals surface area (Å²) in [5.41, 5.74) is 13.3. The maximum atomic E-state index is 11.1. The van der Waals surface area contributed by atoms with E-state index in [4.69, 9.17) is 11.5 Å². The maximum absolute atomic E-state index is 11.1. The Hall–Kier alpha value is -2.17. The van der Waals surface area contributed by atoms with Gasteiger partial charge in [0.2, 0.25) is 0 Å². The molecule has 0 saturated heterocycles. The van der Waals surface area contributed by atoms with Crippen molar-refractivity contribution >= 4 is 23.1 Å². The van der Waals surface area contributed by atoms with Crippen LogP contribution in [0.3, 0.4) is 0 Å². The smallest absolute Gasteiger partial charge is 0.191 e. The Morgan fingerprint density at radius 1 is 1.18 bits per heavy atom. The number of rotatable bonds is 2. The largest absolute Gasteiger partial charge is 0.370 e. The number of hydrogen-bond donors (Lipinski definition) is 2. The first-order valence-corrected chi connectivity index (χ1v) is 5.40. The van der Waals surface area contributed by atoms with Gasteiger partial charge in [-0.2, -0.15) is 0 Å². The van der Waals surface area contributed by atoms with Gasteiger partial charge in [-0.15, -0.1) is 0 Å². The van der Waals surface area contributed by atoms with E-state index in [1.54, 1.807) is 0 Å². The van der Waals surface area contributed by atoms with Gasteiger partial charge < -0.3 is 11.5 Å². The third kappa shape index (κ3) is 2.90. The first-order chi connectivity index (χ1) is 8.15. The van der Waals surface area contributed by atoms with Crippen LogP contribution in [-0.4, -0.2) is 24.0 Å². The van der Waals surface area contributed by atoms with Crippen LogP contribution in [-0.2, 0) is 4.79 Å². The van der Waals surface area contributed by atoms with Crippen LogP contribution in [0, 0.1) is 0 Å². The van der Waals surface area contributed by atoms with Crippen LogP contribution in [0.25, 0.3) is 0 Å². The first-order valence-electron chi connectivity index (χ1n) is 5.40. The molecule has 1 heterocycles. The van der Waals surface area contributed by atoms with Crippen molar-refractivity contribution in [2.45, 2.75) is 12.8 Å². The van der Waals surface area contributed by atoms with Gasteiger partial charge in [-0.05, 0) is 24.1 Å². The molecule has 0 atom stereocenters. The molecule has 1 aliphatic rings. The second kappa shape index (κ2) is 4.78. The van der Waals surface area contributed by atoms with Gasteiger partial charge in [0, 0.05) is 12.1 Å². The molecule has 0 fully saturated rings. The van der Waals surface area contributed by atoms with E-state index in [1.807, 2.05) is 24.3 Å². The molecule has 4 N–H and O–H groups in total. The Labute approximate surface area is 99.2 Å². The fraction of sp³-hybridized carbons (Fsp3) is 0.250. The van der Waals surface area contributed by atoms with Gasteiger partial charge in [0.05, 0.1) is 12.2 Å². The van der Waals surface area contributed by atoms with Gasteiger partial charge in [0.1, 0.15) is 0 Å². The second-order valence-electron chi connectivity index (χ2n) is 3.89. The molecule has 2 rings (SSSR count). The molecule has 0 aromatic heterocycles. The predicted molar refractivity (Wildman–Crippen MR) is 67.6 cm³/mol. The normalized spacial score (nSPS) is 15.3. The van der Waals surface area contributed by atoms with Crippen molar-refractivity contribution in [1.29, 1.82) is 0 Å². The molecule has 5 heteroatoms. The molecule has 0 saturated carbocycles. The standard InChI is InChI=1S/C12H14N4O/c13-12(14)16-9-3-1-8(2-4-9)11-6-5-10(17)7-15-11/h1-4H,5-7H2,(H4,13,14,16). The average Bonchev–Trinajstić information content (AvgIpc) is 2.30. The fourth-order valence-electron chi connectivity index (χ4n) is 1.71. The van der Waals surface area contributed by atoms with Crippen molar-refractivity contribution in [2.24, 2.45) is 21.5 Å². The Morgan fingerprint density at radius 3 is 2.41 bits per heavy atom. The minimum absolute atomic E-state index is 0.0401. The van der Waals surface area contributed by atoms with Crippen LogP contribution in [0.5, 0.6) is 0 Å². The highest BCUT2D eigenvalue weighted by Crippen LogP contribution is 2.16. The number of nitrogens with zero attached hydrogens (tertiary/aromatic N) is 2.